The molecule has 2 aromatic heterocycles. The fraction of sp³-hybridized carbons (Fsp3) is 0.267. The molecule has 0 saturated carbocycles. The van der Waals surface area contributed by atoms with Gasteiger partial charge in [-0.25, -0.2) is 4.98 Å². The van der Waals surface area contributed by atoms with Crippen LogP contribution in [0.15, 0.2) is 34.7 Å². The van der Waals surface area contributed by atoms with Crippen LogP contribution in [0.4, 0.5) is 0 Å². The minimum Gasteiger partial charge on any atom is -0.438 e. The van der Waals surface area contributed by atoms with Gasteiger partial charge < -0.3 is 9.73 Å². The van der Waals surface area contributed by atoms with Gasteiger partial charge in [-0.05, 0) is 32.0 Å². The van der Waals surface area contributed by atoms with Gasteiger partial charge in [0.05, 0.1) is 5.69 Å². The topological polar surface area (TPSA) is 73.0 Å². The monoisotopic (exact) mass is 284 g/mol. The number of fused-ring (bicyclic) bond motifs is 1. The summed E-state index contributed by atoms with van der Waals surface area (Å²) in [7, 11) is 1.74. The number of amides is 1. The molecule has 1 aromatic carbocycles. The first-order chi connectivity index (χ1) is 10.0. The number of hydrogen-bond donors (Lipinski definition) is 1. The Kier molecular flexibility index (Phi) is 3.21. The summed E-state index contributed by atoms with van der Waals surface area (Å²) in [5, 5.41) is 7.04. The van der Waals surface area contributed by atoms with Gasteiger partial charge in [0.2, 0.25) is 5.89 Å². The normalized spacial score (nSPS) is 12.5. The maximum atomic E-state index is 12.2. The van der Waals surface area contributed by atoms with E-state index in [9.17, 15) is 4.79 Å². The Labute approximate surface area is 121 Å². The van der Waals surface area contributed by atoms with Crippen LogP contribution in [0, 0.1) is 6.92 Å². The molecule has 0 fully saturated rings. The van der Waals surface area contributed by atoms with E-state index >= 15 is 0 Å². The number of aromatic nitrogens is 3. The molecule has 0 spiro atoms. The van der Waals surface area contributed by atoms with Crippen LogP contribution in [-0.4, -0.2) is 20.7 Å². The highest BCUT2D eigenvalue weighted by atomic mass is 16.3. The number of oxazole rings is 1. The van der Waals surface area contributed by atoms with Crippen LogP contribution < -0.4 is 5.32 Å². The summed E-state index contributed by atoms with van der Waals surface area (Å²) in [6.45, 7) is 3.69. The summed E-state index contributed by atoms with van der Waals surface area (Å²) in [5.41, 5.74) is 2.81. The Balaban J connectivity index is 1.81. The molecule has 21 heavy (non-hydrogen) atoms. The molecule has 3 aromatic rings. The molecule has 0 bridgehead atoms. The molecule has 1 unspecified atom stereocenters. The summed E-state index contributed by atoms with van der Waals surface area (Å²) in [6, 6.07) is 8.94. The smallest absolute Gasteiger partial charge is 0.270 e. The molecule has 0 aliphatic rings. The average molecular weight is 284 g/mol. The highest BCUT2D eigenvalue weighted by Gasteiger charge is 2.19. The molecule has 6 nitrogen and oxygen atoms in total. The Morgan fingerprint density at radius 1 is 1.38 bits per heavy atom. The average Bonchev–Trinajstić information content (AvgIpc) is 3.01. The van der Waals surface area contributed by atoms with Crippen molar-refractivity contribution in [3.63, 3.8) is 0 Å². The first-order valence-electron chi connectivity index (χ1n) is 6.71. The van der Waals surface area contributed by atoms with E-state index in [1.807, 2.05) is 38.1 Å². The number of nitrogens with zero attached hydrogens (tertiary/aromatic N) is 3. The largest absolute Gasteiger partial charge is 0.438 e. The van der Waals surface area contributed by atoms with Crippen molar-refractivity contribution in [1.82, 2.24) is 20.1 Å². The quantitative estimate of drug-likeness (QED) is 0.801. The van der Waals surface area contributed by atoms with Crippen LogP contribution in [0.25, 0.3) is 11.1 Å². The van der Waals surface area contributed by atoms with Gasteiger partial charge in [-0.3, -0.25) is 9.48 Å². The number of benzene rings is 1. The van der Waals surface area contributed by atoms with Crippen LogP contribution in [0.1, 0.15) is 35.0 Å². The summed E-state index contributed by atoms with van der Waals surface area (Å²) < 4.78 is 7.21. The van der Waals surface area contributed by atoms with E-state index in [0.29, 0.717) is 17.2 Å². The van der Waals surface area contributed by atoms with Gasteiger partial charge in [-0.1, -0.05) is 12.1 Å². The van der Waals surface area contributed by atoms with Crippen molar-refractivity contribution < 1.29 is 9.21 Å². The van der Waals surface area contributed by atoms with Crippen molar-refractivity contribution in [3.8, 4) is 0 Å². The van der Waals surface area contributed by atoms with Crippen molar-refractivity contribution in [2.24, 2.45) is 7.05 Å². The van der Waals surface area contributed by atoms with Crippen molar-refractivity contribution in [3.05, 3.63) is 47.6 Å². The van der Waals surface area contributed by atoms with Gasteiger partial charge in [-0.15, -0.1) is 0 Å². The molecule has 1 atom stereocenters. The second-order valence-corrected chi connectivity index (χ2v) is 5.01. The molecule has 6 heteroatoms. The second-order valence-electron chi connectivity index (χ2n) is 5.01. The molecule has 0 aliphatic carbocycles. The third kappa shape index (κ3) is 2.52. The van der Waals surface area contributed by atoms with E-state index in [4.69, 9.17) is 4.42 Å². The summed E-state index contributed by atoms with van der Waals surface area (Å²) >= 11 is 0. The number of aryl methyl sites for hydroxylation is 2. The Bertz CT molecular complexity index is 770. The van der Waals surface area contributed by atoms with E-state index in [1.54, 1.807) is 17.8 Å². The van der Waals surface area contributed by atoms with E-state index in [-0.39, 0.29) is 11.9 Å². The van der Waals surface area contributed by atoms with Crippen molar-refractivity contribution >= 4 is 17.0 Å². The Hall–Kier alpha value is -2.63. The predicted molar refractivity (Wildman–Crippen MR) is 77.8 cm³/mol. The van der Waals surface area contributed by atoms with E-state index in [0.717, 1.165) is 11.2 Å². The summed E-state index contributed by atoms with van der Waals surface area (Å²) in [4.78, 5) is 16.6. The summed E-state index contributed by atoms with van der Waals surface area (Å²) in [5.74, 6) is 0.288. The number of hydrogen-bond acceptors (Lipinski definition) is 4. The Morgan fingerprint density at radius 3 is 2.81 bits per heavy atom. The molecule has 3 rings (SSSR count). The lowest BCUT2D eigenvalue weighted by Crippen LogP contribution is -2.28. The maximum Gasteiger partial charge on any atom is 0.270 e. The molecule has 0 aliphatic heterocycles. The van der Waals surface area contributed by atoms with Crippen LogP contribution >= 0.6 is 0 Å². The van der Waals surface area contributed by atoms with Gasteiger partial charge in [0.15, 0.2) is 5.58 Å². The van der Waals surface area contributed by atoms with E-state index in [1.165, 1.54) is 0 Å². The minimum absolute atomic E-state index is 0.201. The van der Waals surface area contributed by atoms with Crippen molar-refractivity contribution in [2.75, 3.05) is 0 Å². The van der Waals surface area contributed by atoms with Crippen molar-refractivity contribution in [1.29, 1.82) is 0 Å². The van der Waals surface area contributed by atoms with Crippen LogP contribution in [0.2, 0.25) is 0 Å². The summed E-state index contributed by atoms with van der Waals surface area (Å²) in [6.07, 6.45) is 0. The number of nitrogens with one attached hydrogen (secondary N) is 1. The fourth-order valence-corrected chi connectivity index (χ4v) is 2.23. The SMILES string of the molecule is Cc1cc(C(=O)NC(C)c2nc3ccccc3o2)n(C)n1. The van der Waals surface area contributed by atoms with Gasteiger partial charge in [0, 0.05) is 7.05 Å². The second kappa shape index (κ2) is 5.05. The minimum atomic E-state index is -0.319. The van der Waals surface area contributed by atoms with Crippen LogP contribution in [0.5, 0.6) is 0 Å². The lowest BCUT2D eigenvalue weighted by molar-refractivity contribution is 0.0925. The molecule has 1 amide bonds. The third-order valence-electron chi connectivity index (χ3n) is 3.26. The molecule has 0 saturated heterocycles. The highest BCUT2D eigenvalue weighted by molar-refractivity contribution is 5.92. The molecule has 1 N–H and O–H groups in total. The highest BCUT2D eigenvalue weighted by Crippen LogP contribution is 2.19. The molecule has 108 valence electrons. The number of carbonyl (C=O) groups excluding carboxylic acids is 1. The number of rotatable bonds is 3. The molecule has 0 radical (unpaired) electrons. The number of carbonyl (C=O) groups is 1. The van der Waals surface area contributed by atoms with Crippen LogP contribution in [0.3, 0.4) is 0 Å². The molecule has 2 heterocycles. The standard InChI is InChI=1S/C15H16N4O2/c1-9-8-12(19(3)18-9)14(20)16-10(2)15-17-11-6-4-5-7-13(11)21-15/h4-8,10H,1-3H3,(H,16,20). The van der Waals surface area contributed by atoms with Gasteiger partial charge >= 0.3 is 0 Å². The zero-order valence-electron chi connectivity index (χ0n) is 12.1. The lowest BCUT2D eigenvalue weighted by atomic mass is 10.3. The fourth-order valence-electron chi connectivity index (χ4n) is 2.23. The maximum absolute atomic E-state index is 12.2. The molecular weight excluding hydrogens is 268 g/mol. The lowest BCUT2D eigenvalue weighted by Gasteiger charge is -2.10. The first kappa shape index (κ1) is 13.4. The Morgan fingerprint density at radius 2 is 2.14 bits per heavy atom. The zero-order chi connectivity index (χ0) is 15.0. The van der Waals surface area contributed by atoms with Gasteiger partial charge in [0.1, 0.15) is 17.3 Å². The third-order valence-corrected chi connectivity index (χ3v) is 3.26. The van der Waals surface area contributed by atoms with Gasteiger partial charge in [0.25, 0.3) is 5.91 Å². The van der Waals surface area contributed by atoms with Crippen molar-refractivity contribution in [2.45, 2.75) is 19.9 Å². The molecular formula is C15H16N4O2. The van der Waals surface area contributed by atoms with E-state index in [2.05, 4.69) is 15.4 Å². The van der Waals surface area contributed by atoms with E-state index < -0.39 is 0 Å². The zero-order valence-corrected chi connectivity index (χ0v) is 12.1. The number of para-hydroxylation sites is 2. The first-order valence-corrected chi connectivity index (χ1v) is 6.71. The predicted octanol–water partition coefficient (Wildman–Crippen LogP) is 2.36. The van der Waals surface area contributed by atoms with Crippen LogP contribution in [-0.2, 0) is 7.05 Å². The van der Waals surface area contributed by atoms with Gasteiger partial charge in [-0.2, -0.15) is 5.10 Å².